The van der Waals surface area contributed by atoms with Crippen LogP contribution in [0.3, 0.4) is 0 Å². The second-order valence-corrected chi connectivity index (χ2v) is 4.14. The number of aryl methyl sites for hydroxylation is 1. The minimum Gasteiger partial charge on any atom is -0.349 e. The van der Waals surface area contributed by atoms with Gasteiger partial charge in [0.25, 0.3) is 5.91 Å². The molecule has 3 heteroatoms. The van der Waals surface area contributed by atoms with Gasteiger partial charge in [0, 0.05) is 17.2 Å². The molecule has 0 aliphatic heterocycles. The Hall–Kier alpha value is -1.64. The van der Waals surface area contributed by atoms with Crippen molar-refractivity contribution in [3.63, 3.8) is 0 Å². The Labute approximate surface area is 94.2 Å². The van der Waals surface area contributed by atoms with Crippen LogP contribution < -0.4 is 5.32 Å². The van der Waals surface area contributed by atoms with Gasteiger partial charge in [0.05, 0.1) is 0 Å². The van der Waals surface area contributed by atoms with Crippen molar-refractivity contribution in [1.29, 1.82) is 0 Å². The number of nitrogens with one attached hydrogen (secondary N) is 1. The Bertz CT molecular complexity index is 449. The fraction of sp³-hybridized carbons (Fsp3) is 0.308. The van der Waals surface area contributed by atoms with Gasteiger partial charge in [0.1, 0.15) is 5.82 Å². The van der Waals surface area contributed by atoms with Crippen molar-refractivity contribution in [3.05, 3.63) is 41.2 Å². The molecule has 0 aromatic heterocycles. The van der Waals surface area contributed by atoms with Gasteiger partial charge in [0.2, 0.25) is 0 Å². The predicted molar refractivity (Wildman–Crippen MR) is 61.7 cm³/mol. The number of hydrogen-bond donors (Lipinski definition) is 1. The van der Waals surface area contributed by atoms with Crippen molar-refractivity contribution in [2.45, 2.75) is 25.8 Å². The molecule has 2 rings (SSSR count). The molecule has 0 atom stereocenters. The van der Waals surface area contributed by atoms with E-state index in [1.165, 1.54) is 12.1 Å². The SMILES string of the molecule is C=Cc1cc(C)c(C(=O)NC2CC2)cc1F. The maximum Gasteiger partial charge on any atom is 0.251 e. The highest BCUT2D eigenvalue weighted by Crippen LogP contribution is 2.21. The van der Waals surface area contributed by atoms with Crippen molar-refractivity contribution < 1.29 is 9.18 Å². The third-order valence-electron chi connectivity index (χ3n) is 2.72. The average molecular weight is 219 g/mol. The van der Waals surface area contributed by atoms with Crippen molar-refractivity contribution >= 4 is 12.0 Å². The molecule has 1 aromatic rings. The number of amides is 1. The number of carbonyl (C=O) groups is 1. The summed E-state index contributed by atoms with van der Waals surface area (Å²) in [4.78, 5) is 11.8. The smallest absolute Gasteiger partial charge is 0.251 e. The molecule has 16 heavy (non-hydrogen) atoms. The molecule has 0 radical (unpaired) electrons. The molecule has 1 N–H and O–H groups in total. The molecular formula is C13H14FNO. The summed E-state index contributed by atoms with van der Waals surface area (Å²) >= 11 is 0. The lowest BCUT2D eigenvalue weighted by Crippen LogP contribution is -2.26. The molecule has 0 heterocycles. The molecule has 1 amide bonds. The highest BCUT2D eigenvalue weighted by Gasteiger charge is 2.24. The van der Waals surface area contributed by atoms with Gasteiger partial charge >= 0.3 is 0 Å². The predicted octanol–water partition coefficient (Wildman–Crippen LogP) is 2.67. The summed E-state index contributed by atoms with van der Waals surface area (Å²) in [6.45, 7) is 5.33. The van der Waals surface area contributed by atoms with Crippen LogP contribution in [0.25, 0.3) is 6.08 Å². The second kappa shape index (κ2) is 4.08. The molecule has 1 fully saturated rings. The zero-order valence-electron chi connectivity index (χ0n) is 9.22. The highest BCUT2D eigenvalue weighted by atomic mass is 19.1. The van der Waals surface area contributed by atoms with Crippen molar-refractivity contribution in [1.82, 2.24) is 5.32 Å². The topological polar surface area (TPSA) is 29.1 Å². The normalized spacial score (nSPS) is 14.6. The lowest BCUT2D eigenvalue weighted by molar-refractivity contribution is 0.0950. The molecule has 84 valence electrons. The average Bonchev–Trinajstić information content (AvgIpc) is 3.04. The molecule has 2 nitrogen and oxygen atoms in total. The quantitative estimate of drug-likeness (QED) is 0.832. The van der Waals surface area contributed by atoms with Gasteiger partial charge in [-0.15, -0.1) is 0 Å². The molecule has 0 spiro atoms. The summed E-state index contributed by atoms with van der Waals surface area (Å²) in [5, 5.41) is 2.84. The Morgan fingerprint density at radius 2 is 2.25 bits per heavy atom. The molecule has 1 saturated carbocycles. The standard InChI is InChI=1S/C13H14FNO/c1-3-9-6-8(2)11(7-12(9)14)13(16)15-10-4-5-10/h3,6-7,10H,1,4-5H2,2H3,(H,15,16). The number of halogens is 1. The van der Waals surface area contributed by atoms with Crippen LogP contribution in [-0.2, 0) is 0 Å². The van der Waals surface area contributed by atoms with E-state index in [1.807, 2.05) is 0 Å². The van der Waals surface area contributed by atoms with E-state index < -0.39 is 5.82 Å². The van der Waals surface area contributed by atoms with Crippen LogP contribution in [0.15, 0.2) is 18.7 Å². The fourth-order valence-corrected chi connectivity index (χ4v) is 1.60. The van der Waals surface area contributed by atoms with E-state index in [9.17, 15) is 9.18 Å². The minimum absolute atomic E-state index is 0.186. The molecular weight excluding hydrogens is 205 g/mol. The summed E-state index contributed by atoms with van der Waals surface area (Å²) in [5.74, 6) is -0.587. The summed E-state index contributed by atoms with van der Waals surface area (Å²) in [6.07, 6.45) is 3.50. The lowest BCUT2D eigenvalue weighted by atomic mass is 10.0. The molecule has 0 bridgehead atoms. The van der Waals surface area contributed by atoms with E-state index in [1.54, 1.807) is 13.0 Å². The second-order valence-electron chi connectivity index (χ2n) is 4.14. The minimum atomic E-state index is -0.401. The molecule has 1 aliphatic rings. The molecule has 1 aliphatic carbocycles. The third kappa shape index (κ3) is 2.13. The van der Waals surface area contributed by atoms with E-state index >= 15 is 0 Å². The van der Waals surface area contributed by atoms with Gasteiger partial charge in [-0.05, 0) is 37.5 Å². The summed E-state index contributed by atoms with van der Waals surface area (Å²) < 4.78 is 13.5. The van der Waals surface area contributed by atoms with Gasteiger partial charge in [-0.2, -0.15) is 0 Å². The Balaban J connectivity index is 2.29. The van der Waals surface area contributed by atoms with Crippen LogP contribution in [0, 0.1) is 12.7 Å². The summed E-state index contributed by atoms with van der Waals surface area (Å²) in [6, 6.07) is 3.21. The van der Waals surface area contributed by atoms with Crippen LogP contribution in [0.4, 0.5) is 4.39 Å². The van der Waals surface area contributed by atoms with Crippen molar-refractivity contribution in [2.24, 2.45) is 0 Å². The van der Waals surface area contributed by atoms with Gasteiger partial charge < -0.3 is 5.32 Å². The van der Waals surface area contributed by atoms with Crippen LogP contribution in [0.1, 0.15) is 34.3 Å². The van der Waals surface area contributed by atoms with E-state index in [4.69, 9.17) is 0 Å². The first-order valence-corrected chi connectivity index (χ1v) is 5.35. The molecule has 0 unspecified atom stereocenters. The van der Waals surface area contributed by atoms with Gasteiger partial charge in [0.15, 0.2) is 0 Å². The van der Waals surface area contributed by atoms with Gasteiger partial charge in [-0.1, -0.05) is 12.7 Å². The first-order valence-electron chi connectivity index (χ1n) is 5.35. The van der Waals surface area contributed by atoms with Crippen LogP contribution in [-0.4, -0.2) is 11.9 Å². The van der Waals surface area contributed by atoms with E-state index in [0.717, 1.165) is 18.4 Å². The maximum absolute atomic E-state index is 13.5. The lowest BCUT2D eigenvalue weighted by Gasteiger charge is -2.08. The van der Waals surface area contributed by atoms with Gasteiger partial charge in [-0.25, -0.2) is 4.39 Å². The van der Waals surface area contributed by atoms with E-state index in [2.05, 4.69) is 11.9 Å². The fourth-order valence-electron chi connectivity index (χ4n) is 1.60. The van der Waals surface area contributed by atoms with Crippen LogP contribution >= 0.6 is 0 Å². The first kappa shape index (κ1) is 10.9. The van der Waals surface area contributed by atoms with Crippen LogP contribution in [0.2, 0.25) is 0 Å². The highest BCUT2D eigenvalue weighted by molar-refractivity contribution is 5.96. The van der Waals surface area contributed by atoms with Crippen molar-refractivity contribution in [2.75, 3.05) is 0 Å². The number of benzene rings is 1. The maximum atomic E-state index is 13.5. The molecule has 0 saturated heterocycles. The van der Waals surface area contributed by atoms with Crippen molar-refractivity contribution in [3.8, 4) is 0 Å². The Kier molecular flexibility index (Phi) is 2.77. The third-order valence-corrected chi connectivity index (χ3v) is 2.72. The molecule has 1 aromatic carbocycles. The number of rotatable bonds is 3. The Morgan fingerprint density at radius 3 is 2.81 bits per heavy atom. The van der Waals surface area contributed by atoms with E-state index in [0.29, 0.717) is 11.1 Å². The summed E-state index contributed by atoms with van der Waals surface area (Å²) in [7, 11) is 0. The number of carbonyl (C=O) groups excluding carboxylic acids is 1. The van der Waals surface area contributed by atoms with Gasteiger partial charge in [-0.3, -0.25) is 4.79 Å². The van der Waals surface area contributed by atoms with E-state index in [-0.39, 0.29) is 11.9 Å². The first-order chi connectivity index (χ1) is 7.61. The number of hydrogen-bond acceptors (Lipinski definition) is 1. The zero-order chi connectivity index (χ0) is 11.7. The summed E-state index contributed by atoms with van der Waals surface area (Å²) in [5.41, 5.74) is 1.62. The van der Waals surface area contributed by atoms with Crippen LogP contribution in [0.5, 0.6) is 0 Å². The monoisotopic (exact) mass is 219 g/mol. The zero-order valence-corrected chi connectivity index (χ0v) is 9.22. The largest absolute Gasteiger partial charge is 0.349 e. The Morgan fingerprint density at radius 1 is 1.56 bits per heavy atom.